The third-order valence-corrected chi connectivity index (χ3v) is 1.42. The molecular weight excluding hydrogens is 172 g/mol. The van der Waals surface area contributed by atoms with Crippen molar-refractivity contribution in [3.63, 3.8) is 0 Å². The monoisotopic (exact) mass is 188 g/mol. The van der Waals surface area contributed by atoms with Gasteiger partial charge >= 0.3 is 5.97 Å². The quantitative estimate of drug-likeness (QED) is 0.359. The Morgan fingerprint density at radius 3 is 2.46 bits per heavy atom. The molecule has 1 unspecified atom stereocenters. The number of carbonyl (C=O) groups is 1. The zero-order chi connectivity index (χ0) is 10.3. The van der Waals surface area contributed by atoms with Crippen LogP contribution in [0, 0.1) is 0 Å². The van der Waals surface area contributed by atoms with Crippen LogP contribution >= 0.6 is 0 Å². The largest absolute Gasteiger partial charge is 0.374 e. The van der Waals surface area contributed by atoms with Crippen LogP contribution in [0.3, 0.4) is 0 Å². The Labute approximate surface area is 78.4 Å². The van der Waals surface area contributed by atoms with E-state index < -0.39 is 5.97 Å². The fraction of sp³-hybridized carbons (Fsp3) is 0.667. The van der Waals surface area contributed by atoms with Crippen LogP contribution in [0.5, 0.6) is 0 Å². The van der Waals surface area contributed by atoms with Gasteiger partial charge < -0.3 is 4.74 Å². The fourth-order valence-electron chi connectivity index (χ4n) is 0.683. The predicted molar refractivity (Wildman–Crippen MR) is 47.9 cm³/mol. The van der Waals surface area contributed by atoms with Gasteiger partial charge in [-0.15, -0.1) is 0 Å². The molecule has 0 amide bonds. The summed E-state index contributed by atoms with van der Waals surface area (Å²) in [6.45, 7) is 9.70. The number of hydrogen-bond acceptors (Lipinski definition) is 4. The molecule has 0 spiro atoms. The average Bonchev–Trinajstić information content (AvgIpc) is 2.13. The van der Waals surface area contributed by atoms with Crippen LogP contribution < -0.4 is 0 Å². The molecule has 0 radical (unpaired) electrons. The molecule has 4 heteroatoms. The van der Waals surface area contributed by atoms with E-state index in [1.54, 1.807) is 13.8 Å². The van der Waals surface area contributed by atoms with Crippen molar-refractivity contribution in [1.29, 1.82) is 0 Å². The molecule has 13 heavy (non-hydrogen) atoms. The van der Waals surface area contributed by atoms with Crippen LogP contribution in [0.15, 0.2) is 12.2 Å². The first-order valence-electron chi connectivity index (χ1n) is 4.27. The van der Waals surface area contributed by atoms with Gasteiger partial charge in [0.2, 0.25) is 0 Å². The van der Waals surface area contributed by atoms with E-state index in [1.165, 1.54) is 0 Å². The van der Waals surface area contributed by atoms with Gasteiger partial charge in [-0.1, -0.05) is 6.58 Å². The summed E-state index contributed by atoms with van der Waals surface area (Å²) in [6, 6.07) is 0. The molecule has 0 aromatic rings. The van der Waals surface area contributed by atoms with Crippen LogP contribution in [0.2, 0.25) is 0 Å². The van der Waals surface area contributed by atoms with Crippen molar-refractivity contribution in [3.05, 3.63) is 12.2 Å². The van der Waals surface area contributed by atoms with Crippen molar-refractivity contribution in [2.45, 2.75) is 26.9 Å². The second-order valence-electron chi connectivity index (χ2n) is 2.40. The van der Waals surface area contributed by atoms with E-state index >= 15 is 0 Å². The highest BCUT2D eigenvalue weighted by atomic mass is 17.2. The minimum atomic E-state index is -0.581. The summed E-state index contributed by atoms with van der Waals surface area (Å²) >= 11 is 0. The highest BCUT2D eigenvalue weighted by Gasteiger charge is 2.16. The van der Waals surface area contributed by atoms with Crippen LogP contribution in [0.4, 0.5) is 0 Å². The Hall–Kier alpha value is -0.870. The van der Waals surface area contributed by atoms with E-state index in [4.69, 9.17) is 4.74 Å². The van der Waals surface area contributed by atoms with Crippen molar-refractivity contribution in [2.24, 2.45) is 0 Å². The number of ether oxygens (including phenoxy) is 1. The summed E-state index contributed by atoms with van der Waals surface area (Å²) in [5.74, 6) is -0.581. The maximum atomic E-state index is 11.1. The van der Waals surface area contributed by atoms with Crippen molar-refractivity contribution in [2.75, 3.05) is 13.2 Å². The lowest BCUT2D eigenvalue weighted by Crippen LogP contribution is -2.19. The van der Waals surface area contributed by atoms with Gasteiger partial charge in [0.05, 0.1) is 18.3 Å². The Bertz CT molecular complexity index is 176. The normalized spacial score (nSPS) is 12.2. The van der Waals surface area contributed by atoms with Crippen LogP contribution in [-0.4, -0.2) is 25.3 Å². The molecule has 0 heterocycles. The molecule has 0 aliphatic heterocycles. The molecule has 0 rings (SSSR count). The minimum absolute atomic E-state index is 0.260. The van der Waals surface area contributed by atoms with Crippen LogP contribution in [-0.2, 0) is 19.3 Å². The Morgan fingerprint density at radius 2 is 2.00 bits per heavy atom. The average molecular weight is 188 g/mol. The lowest BCUT2D eigenvalue weighted by atomic mass is 10.2. The number of rotatable bonds is 6. The van der Waals surface area contributed by atoms with E-state index in [0.717, 1.165) is 0 Å². The Balaban J connectivity index is 3.87. The van der Waals surface area contributed by atoms with E-state index in [-0.39, 0.29) is 11.7 Å². The molecule has 76 valence electrons. The van der Waals surface area contributed by atoms with Crippen molar-refractivity contribution in [3.8, 4) is 0 Å². The third kappa shape index (κ3) is 4.65. The SMILES string of the molecule is C=C(C(=O)OOCC)C(C)OCC. The van der Waals surface area contributed by atoms with Gasteiger partial charge in [-0.3, -0.25) is 4.89 Å². The molecule has 0 N–H and O–H groups in total. The summed E-state index contributed by atoms with van der Waals surface area (Å²) in [4.78, 5) is 20.0. The molecule has 1 atom stereocenters. The second-order valence-corrected chi connectivity index (χ2v) is 2.40. The minimum Gasteiger partial charge on any atom is -0.374 e. The highest BCUT2D eigenvalue weighted by molar-refractivity contribution is 5.88. The predicted octanol–water partition coefficient (Wildman–Crippen LogP) is 1.46. The van der Waals surface area contributed by atoms with Gasteiger partial charge in [0.1, 0.15) is 0 Å². The number of hydrogen-bond donors (Lipinski definition) is 0. The Kier molecular flexibility index (Phi) is 6.18. The topological polar surface area (TPSA) is 44.8 Å². The zero-order valence-corrected chi connectivity index (χ0v) is 8.33. The van der Waals surface area contributed by atoms with E-state index in [2.05, 4.69) is 16.4 Å². The second kappa shape index (κ2) is 6.62. The zero-order valence-electron chi connectivity index (χ0n) is 8.33. The van der Waals surface area contributed by atoms with Crippen molar-refractivity contribution < 1.29 is 19.3 Å². The van der Waals surface area contributed by atoms with Gasteiger partial charge in [-0.25, -0.2) is 4.79 Å². The van der Waals surface area contributed by atoms with Crippen molar-refractivity contribution in [1.82, 2.24) is 0 Å². The third-order valence-electron chi connectivity index (χ3n) is 1.42. The molecule has 0 aliphatic rings. The molecule has 0 saturated carbocycles. The molecule has 0 aliphatic carbocycles. The van der Waals surface area contributed by atoms with Gasteiger partial charge in [-0.05, 0) is 20.8 Å². The van der Waals surface area contributed by atoms with Crippen LogP contribution in [0.25, 0.3) is 0 Å². The standard InChI is InChI=1S/C9H16O4/c1-5-11-8(4)7(3)9(10)13-12-6-2/h8H,3,5-6H2,1-2,4H3. The van der Waals surface area contributed by atoms with E-state index in [9.17, 15) is 4.79 Å². The lowest BCUT2D eigenvalue weighted by Gasteiger charge is -2.12. The summed E-state index contributed by atoms with van der Waals surface area (Å²) in [5, 5.41) is 0. The molecule has 0 bridgehead atoms. The summed E-state index contributed by atoms with van der Waals surface area (Å²) in [5.41, 5.74) is 0.260. The molecule has 0 fully saturated rings. The molecule has 0 aromatic heterocycles. The first-order chi connectivity index (χ1) is 6.13. The van der Waals surface area contributed by atoms with E-state index in [1.807, 2.05) is 6.92 Å². The van der Waals surface area contributed by atoms with E-state index in [0.29, 0.717) is 13.2 Å². The first-order valence-corrected chi connectivity index (χ1v) is 4.27. The van der Waals surface area contributed by atoms with Gasteiger partial charge in [0.25, 0.3) is 0 Å². The summed E-state index contributed by atoms with van der Waals surface area (Å²) in [6.07, 6.45) is -0.335. The molecular formula is C9H16O4. The number of carbonyl (C=O) groups excluding carboxylic acids is 1. The molecule has 0 aromatic carbocycles. The molecule has 0 saturated heterocycles. The van der Waals surface area contributed by atoms with Crippen molar-refractivity contribution >= 4 is 5.97 Å². The first kappa shape index (κ1) is 12.1. The molecule has 4 nitrogen and oxygen atoms in total. The van der Waals surface area contributed by atoms with Gasteiger partial charge in [-0.2, -0.15) is 4.89 Å². The van der Waals surface area contributed by atoms with Gasteiger partial charge in [0, 0.05) is 6.61 Å². The maximum absolute atomic E-state index is 11.1. The highest BCUT2D eigenvalue weighted by Crippen LogP contribution is 2.06. The smallest absolute Gasteiger partial charge is 0.371 e. The van der Waals surface area contributed by atoms with Gasteiger partial charge in [0.15, 0.2) is 0 Å². The summed E-state index contributed by atoms with van der Waals surface area (Å²) in [7, 11) is 0. The summed E-state index contributed by atoms with van der Waals surface area (Å²) < 4.78 is 5.15. The lowest BCUT2D eigenvalue weighted by molar-refractivity contribution is -0.266. The fourth-order valence-corrected chi connectivity index (χ4v) is 0.683. The maximum Gasteiger partial charge on any atom is 0.371 e. The Morgan fingerprint density at radius 1 is 1.38 bits per heavy atom. The van der Waals surface area contributed by atoms with Crippen LogP contribution in [0.1, 0.15) is 20.8 Å².